The van der Waals surface area contributed by atoms with Crippen LogP contribution in [0.5, 0.6) is 0 Å². The molecule has 2 rings (SSSR count). The van der Waals surface area contributed by atoms with Crippen molar-refractivity contribution in [1.29, 1.82) is 0 Å². The summed E-state index contributed by atoms with van der Waals surface area (Å²) in [5.41, 5.74) is 0.736. The highest BCUT2D eigenvalue weighted by Crippen LogP contribution is 2.52. The number of fused-ring (bicyclic) bond motifs is 1. The predicted molar refractivity (Wildman–Crippen MR) is 43.8 cm³/mol. The number of hydrogen-bond acceptors (Lipinski definition) is 0. The van der Waals surface area contributed by atoms with Crippen molar-refractivity contribution in [3.05, 3.63) is 12.2 Å². The topological polar surface area (TPSA) is 0 Å². The molecule has 2 aliphatic rings. The van der Waals surface area contributed by atoms with E-state index < -0.39 is 0 Å². The molecular weight excluding hydrogens is 120 g/mol. The molecule has 0 N–H and O–H groups in total. The summed E-state index contributed by atoms with van der Waals surface area (Å²) in [7, 11) is 0. The van der Waals surface area contributed by atoms with Crippen molar-refractivity contribution in [2.45, 2.75) is 39.0 Å². The second-order valence-electron chi connectivity index (χ2n) is 3.85. The molecule has 10 heavy (non-hydrogen) atoms. The fourth-order valence-electron chi connectivity index (χ4n) is 2.77. The minimum atomic E-state index is 0.736. The van der Waals surface area contributed by atoms with E-state index in [9.17, 15) is 0 Å². The van der Waals surface area contributed by atoms with E-state index in [1.165, 1.54) is 32.1 Å². The SMILES string of the molecule is CCC12CC=CC1CCC2. The van der Waals surface area contributed by atoms with Gasteiger partial charge in [-0.2, -0.15) is 0 Å². The van der Waals surface area contributed by atoms with Crippen molar-refractivity contribution in [3.8, 4) is 0 Å². The zero-order valence-electron chi connectivity index (χ0n) is 6.77. The predicted octanol–water partition coefficient (Wildman–Crippen LogP) is 3.14. The zero-order valence-corrected chi connectivity index (χ0v) is 6.77. The maximum Gasteiger partial charge on any atom is -0.0174 e. The van der Waals surface area contributed by atoms with Crippen LogP contribution in [-0.4, -0.2) is 0 Å². The molecule has 0 aromatic carbocycles. The lowest BCUT2D eigenvalue weighted by Crippen LogP contribution is -2.18. The molecule has 2 aliphatic carbocycles. The molecule has 0 heterocycles. The Hall–Kier alpha value is -0.260. The van der Waals surface area contributed by atoms with E-state index in [-0.39, 0.29) is 0 Å². The van der Waals surface area contributed by atoms with Crippen molar-refractivity contribution in [1.82, 2.24) is 0 Å². The highest BCUT2D eigenvalue weighted by molar-refractivity contribution is 5.11. The molecule has 0 aromatic heterocycles. The zero-order chi connectivity index (χ0) is 7.03. The summed E-state index contributed by atoms with van der Waals surface area (Å²) in [4.78, 5) is 0. The van der Waals surface area contributed by atoms with Crippen LogP contribution in [0.3, 0.4) is 0 Å². The van der Waals surface area contributed by atoms with E-state index >= 15 is 0 Å². The third-order valence-electron chi connectivity index (χ3n) is 3.57. The van der Waals surface area contributed by atoms with E-state index in [1.807, 2.05) is 0 Å². The molecule has 1 fully saturated rings. The molecule has 0 nitrogen and oxygen atoms in total. The van der Waals surface area contributed by atoms with E-state index in [0.29, 0.717) is 0 Å². The Balaban J connectivity index is 2.20. The lowest BCUT2D eigenvalue weighted by Gasteiger charge is -2.27. The molecular formula is C10H16. The van der Waals surface area contributed by atoms with Crippen LogP contribution in [0, 0.1) is 11.3 Å². The molecule has 2 atom stereocenters. The van der Waals surface area contributed by atoms with Crippen LogP contribution in [0.15, 0.2) is 12.2 Å². The molecule has 0 amide bonds. The van der Waals surface area contributed by atoms with Crippen LogP contribution < -0.4 is 0 Å². The average Bonchev–Trinajstić information content (AvgIpc) is 2.42. The average molecular weight is 136 g/mol. The summed E-state index contributed by atoms with van der Waals surface area (Å²) < 4.78 is 0. The summed E-state index contributed by atoms with van der Waals surface area (Å²) >= 11 is 0. The second-order valence-corrected chi connectivity index (χ2v) is 3.85. The first-order valence-electron chi connectivity index (χ1n) is 4.54. The minimum Gasteiger partial charge on any atom is -0.0877 e. The monoisotopic (exact) mass is 136 g/mol. The largest absolute Gasteiger partial charge is 0.0877 e. The van der Waals surface area contributed by atoms with Gasteiger partial charge < -0.3 is 0 Å². The Morgan fingerprint density at radius 1 is 1.60 bits per heavy atom. The summed E-state index contributed by atoms with van der Waals surface area (Å²) in [6.45, 7) is 2.35. The molecule has 1 saturated carbocycles. The van der Waals surface area contributed by atoms with Crippen molar-refractivity contribution < 1.29 is 0 Å². The van der Waals surface area contributed by atoms with Gasteiger partial charge in [0, 0.05) is 0 Å². The Labute approximate surface area is 63.3 Å². The molecule has 2 unspecified atom stereocenters. The fourth-order valence-corrected chi connectivity index (χ4v) is 2.77. The van der Waals surface area contributed by atoms with Gasteiger partial charge in [-0.3, -0.25) is 0 Å². The Bertz CT molecular complexity index is 157. The maximum atomic E-state index is 2.45. The van der Waals surface area contributed by atoms with Crippen LogP contribution in [0.2, 0.25) is 0 Å². The summed E-state index contributed by atoms with van der Waals surface area (Å²) in [5.74, 6) is 0.956. The van der Waals surface area contributed by atoms with E-state index in [1.54, 1.807) is 0 Å². The van der Waals surface area contributed by atoms with E-state index in [2.05, 4.69) is 19.1 Å². The normalized spacial score (nSPS) is 44.3. The van der Waals surface area contributed by atoms with Crippen LogP contribution in [0.1, 0.15) is 39.0 Å². The smallest absolute Gasteiger partial charge is 0.0174 e. The van der Waals surface area contributed by atoms with Crippen molar-refractivity contribution >= 4 is 0 Å². The molecule has 56 valence electrons. The standard InChI is InChI=1S/C10H16/c1-2-10-7-3-5-9(10)6-4-8-10/h3,5,9H,2,4,6-8H2,1H3. The third kappa shape index (κ3) is 0.680. The number of rotatable bonds is 1. The van der Waals surface area contributed by atoms with Gasteiger partial charge in [-0.1, -0.05) is 25.5 Å². The highest BCUT2D eigenvalue weighted by Gasteiger charge is 2.41. The van der Waals surface area contributed by atoms with Gasteiger partial charge in [-0.25, -0.2) is 0 Å². The Kier molecular flexibility index (Phi) is 1.36. The van der Waals surface area contributed by atoms with E-state index in [0.717, 1.165) is 11.3 Å². The van der Waals surface area contributed by atoms with Crippen LogP contribution >= 0.6 is 0 Å². The fraction of sp³-hybridized carbons (Fsp3) is 0.800. The van der Waals surface area contributed by atoms with Gasteiger partial charge in [-0.05, 0) is 37.0 Å². The van der Waals surface area contributed by atoms with Crippen molar-refractivity contribution in [3.63, 3.8) is 0 Å². The summed E-state index contributed by atoms with van der Waals surface area (Å²) in [5, 5.41) is 0. The first-order chi connectivity index (χ1) is 4.87. The van der Waals surface area contributed by atoms with Crippen LogP contribution in [0.25, 0.3) is 0 Å². The minimum absolute atomic E-state index is 0.736. The third-order valence-corrected chi connectivity index (χ3v) is 3.57. The molecule has 0 aromatic rings. The first-order valence-corrected chi connectivity index (χ1v) is 4.54. The summed E-state index contributed by atoms with van der Waals surface area (Å²) in [6.07, 6.45) is 12.0. The van der Waals surface area contributed by atoms with Gasteiger partial charge in [0.05, 0.1) is 0 Å². The second kappa shape index (κ2) is 2.11. The van der Waals surface area contributed by atoms with Crippen molar-refractivity contribution in [2.24, 2.45) is 11.3 Å². The van der Waals surface area contributed by atoms with Gasteiger partial charge >= 0.3 is 0 Å². The number of hydrogen-bond donors (Lipinski definition) is 0. The molecule has 0 saturated heterocycles. The molecule has 0 heteroatoms. The van der Waals surface area contributed by atoms with Gasteiger partial charge in [0.2, 0.25) is 0 Å². The Morgan fingerprint density at radius 3 is 3.20 bits per heavy atom. The van der Waals surface area contributed by atoms with Crippen molar-refractivity contribution in [2.75, 3.05) is 0 Å². The quantitative estimate of drug-likeness (QED) is 0.486. The lowest BCUT2D eigenvalue weighted by atomic mass is 9.77. The first kappa shape index (κ1) is 6.45. The van der Waals surface area contributed by atoms with E-state index in [4.69, 9.17) is 0 Å². The van der Waals surface area contributed by atoms with Gasteiger partial charge in [0.15, 0.2) is 0 Å². The molecule has 0 bridgehead atoms. The van der Waals surface area contributed by atoms with Crippen LogP contribution in [0.4, 0.5) is 0 Å². The molecule has 0 radical (unpaired) electrons. The molecule has 0 spiro atoms. The highest BCUT2D eigenvalue weighted by atomic mass is 14.5. The Morgan fingerprint density at radius 2 is 2.50 bits per heavy atom. The molecule has 0 aliphatic heterocycles. The van der Waals surface area contributed by atoms with Gasteiger partial charge in [-0.15, -0.1) is 0 Å². The van der Waals surface area contributed by atoms with Crippen LogP contribution in [-0.2, 0) is 0 Å². The maximum absolute atomic E-state index is 2.45. The summed E-state index contributed by atoms with van der Waals surface area (Å²) in [6, 6.07) is 0. The lowest BCUT2D eigenvalue weighted by molar-refractivity contribution is 0.249. The van der Waals surface area contributed by atoms with Gasteiger partial charge in [0.1, 0.15) is 0 Å². The van der Waals surface area contributed by atoms with Gasteiger partial charge in [0.25, 0.3) is 0 Å². The number of allylic oxidation sites excluding steroid dienone is 2.